The van der Waals surface area contributed by atoms with Crippen molar-refractivity contribution in [2.45, 2.75) is 46.0 Å². The van der Waals surface area contributed by atoms with Crippen molar-refractivity contribution in [1.29, 1.82) is 0 Å². The third kappa shape index (κ3) is 3.82. The molecule has 0 radical (unpaired) electrons. The number of aromatic nitrogens is 5. The zero-order valence-corrected chi connectivity index (χ0v) is 15.3. The minimum absolute atomic E-state index is 0.106. The highest BCUT2D eigenvalue weighted by Gasteiger charge is 2.19. The highest BCUT2D eigenvalue weighted by atomic mass is 15.3. The number of rotatable bonds is 7. The quantitative estimate of drug-likeness (QED) is 0.632. The second-order valence-corrected chi connectivity index (χ2v) is 6.33. The lowest BCUT2D eigenvalue weighted by Crippen LogP contribution is -2.12. The van der Waals surface area contributed by atoms with Gasteiger partial charge in [0.15, 0.2) is 0 Å². The predicted molar refractivity (Wildman–Crippen MR) is 104 cm³/mol. The molecule has 136 valence electrons. The number of hydrogen-bond donors (Lipinski definition) is 2. The minimum atomic E-state index is 0.106. The van der Waals surface area contributed by atoms with Crippen LogP contribution in [0.15, 0.2) is 30.3 Å². The molecule has 26 heavy (non-hydrogen) atoms. The number of anilines is 2. The molecule has 0 aliphatic carbocycles. The summed E-state index contributed by atoms with van der Waals surface area (Å²) in [6.07, 6.45) is 5.60. The van der Waals surface area contributed by atoms with Gasteiger partial charge in [0.2, 0.25) is 17.8 Å². The summed E-state index contributed by atoms with van der Waals surface area (Å²) in [4.78, 5) is 17.3. The van der Waals surface area contributed by atoms with Gasteiger partial charge >= 0.3 is 0 Å². The number of nitrogen functional groups attached to an aromatic ring is 2. The summed E-state index contributed by atoms with van der Waals surface area (Å²) >= 11 is 0. The van der Waals surface area contributed by atoms with Crippen LogP contribution < -0.4 is 11.5 Å². The number of nitrogens with two attached hydrogens (primary N) is 2. The van der Waals surface area contributed by atoms with Gasteiger partial charge in [0, 0.05) is 11.3 Å². The van der Waals surface area contributed by atoms with Crippen molar-refractivity contribution >= 4 is 11.9 Å². The predicted octanol–water partition coefficient (Wildman–Crippen LogP) is 3.32. The lowest BCUT2D eigenvalue weighted by atomic mass is 10.1. The van der Waals surface area contributed by atoms with Gasteiger partial charge in [0.25, 0.3) is 0 Å². The van der Waals surface area contributed by atoms with Gasteiger partial charge in [-0.2, -0.15) is 15.0 Å². The first-order valence-electron chi connectivity index (χ1n) is 9.01. The van der Waals surface area contributed by atoms with E-state index < -0.39 is 0 Å². The molecule has 4 N–H and O–H groups in total. The first-order chi connectivity index (χ1) is 12.6. The van der Waals surface area contributed by atoms with Crippen LogP contribution in [-0.2, 0) is 6.42 Å². The molecule has 3 aromatic rings. The molecule has 0 unspecified atom stereocenters. The molecule has 0 spiro atoms. The summed E-state index contributed by atoms with van der Waals surface area (Å²) in [7, 11) is 0. The third-order valence-corrected chi connectivity index (χ3v) is 4.33. The van der Waals surface area contributed by atoms with Gasteiger partial charge < -0.3 is 11.5 Å². The standard InChI is InChI=1S/C19H25N7/c1-3-4-5-9-12-15-13(2)22-16(14-10-7-6-8-11-14)26(15)19-24-17(20)23-18(21)25-19/h6-8,10-11H,3-5,9,12H2,1-2H3,(H4,20,21,23,24,25). The van der Waals surface area contributed by atoms with Gasteiger partial charge in [0.1, 0.15) is 5.82 Å². The zero-order valence-electron chi connectivity index (χ0n) is 15.3. The monoisotopic (exact) mass is 351 g/mol. The first kappa shape index (κ1) is 17.8. The number of unbranched alkanes of at least 4 members (excludes halogenated alkanes) is 3. The summed E-state index contributed by atoms with van der Waals surface area (Å²) in [5.74, 6) is 1.42. The Balaban J connectivity index is 2.10. The lowest BCUT2D eigenvalue weighted by Gasteiger charge is -2.11. The van der Waals surface area contributed by atoms with E-state index in [1.165, 1.54) is 19.3 Å². The van der Waals surface area contributed by atoms with Gasteiger partial charge in [-0.15, -0.1) is 0 Å². The van der Waals surface area contributed by atoms with E-state index in [0.717, 1.165) is 35.6 Å². The molecule has 0 atom stereocenters. The van der Waals surface area contributed by atoms with E-state index in [9.17, 15) is 0 Å². The van der Waals surface area contributed by atoms with E-state index in [2.05, 4.69) is 21.9 Å². The average Bonchev–Trinajstić information content (AvgIpc) is 2.95. The Morgan fingerprint density at radius 2 is 1.58 bits per heavy atom. The normalized spacial score (nSPS) is 11.0. The Kier molecular flexibility index (Phi) is 5.46. The molecule has 0 aliphatic rings. The molecule has 0 bridgehead atoms. The maximum atomic E-state index is 5.81. The van der Waals surface area contributed by atoms with Crippen LogP contribution in [0.2, 0.25) is 0 Å². The molecule has 2 heterocycles. The first-order valence-corrected chi connectivity index (χ1v) is 9.01. The second-order valence-electron chi connectivity index (χ2n) is 6.33. The highest BCUT2D eigenvalue weighted by molar-refractivity contribution is 5.59. The van der Waals surface area contributed by atoms with Crippen molar-refractivity contribution in [1.82, 2.24) is 24.5 Å². The van der Waals surface area contributed by atoms with Crippen molar-refractivity contribution in [2.75, 3.05) is 11.5 Å². The summed E-state index contributed by atoms with van der Waals surface area (Å²) in [6, 6.07) is 10.00. The fourth-order valence-corrected chi connectivity index (χ4v) is 3.07. The fourth-order valence-electron chi connectivity index (χ4n) is 3.07. The van der Waals surface area contributed by atoms with Crippen LogP contribution in [0, 0.1) is 6.92 Å². The Hall–Kier alpha value is -2.96. The molecule has 0 amide bonds. The molecule has 2 aromatic heterocycles. The van der Waals surface area contributed by atoms with Crippen LogP contribution in [0.25, 0.3) is 17.3 Å². The highest BCUT2D eigenvalue weighted by Crippen LogP contribution is 2.26. The zero-order chi connectivity index (χ0) is 18.5. The van der Waals surface area contributed by atoms with Gasteiger partial charge in [-0.25, -0.2) is 4.98 Å². The van der Waals surface area contributed by atoms with Crippen molar-refractivity contribution in [3.63, 3.8) is 0 Å². The number of imidazole rings is 1. The van der Waals surface area contributed by atoms with Crippen LogP contribution in [0.3, 0.4) is 0 Å². The summed E-state index contributed by atoms with van der Waals surface area (Å²) in [5.41, 5.74) is 14.7. The molecular formula is C19H25N7. The number of nitrogens with zero attached hydrogens (tertiary/aromatic N) is 5. The maximum absolute atomic E-state index is 5.81. The van der Waals surface area contributed by atoms with E-state index in [1.54, 1.807) is 0 Å². The van der Waals surface area contributed by atoms with E-state index >= 15 is 0 Å². The van der Waals surface area contributed by atoms with Crippen molar-refractivity contribution in [3.05, 3.63) is 41.7 Å². The molecule has 7 heteroatoms. The molecule has 0 fully saturated rings. The van der Waals surface area contributed by atoms with Crippen LogP contribution in [0.5, 0.6) is 0 Å². The van der Waals surface area contributed by atoms with E-state index in [1.807, 2.05) is 41.8 Å². The second kappa shape index (κ2) is 7.95. The molecule has 0 aliphatic heterocycles. The number of aryl methyl sites for hydroxylation is 1. The Morgan fingerprint density at radius 3 is 2.23 bits per heavy atom. The summed E-state index contributed by atoms with van der Waals surface area (Å²) < 4.78 is 1.96. The molecule has 3 rings (SSSR count). The largest absolute Gasteiger partial charge is 0.368 e. The van der Waals surface area contributed by atoms with Crippen LogP contribution >= 0.6 is 0 Å². The van der Waals surface area contributed by atoms with E-state index in [4.69, 9.17) is 16.5 Å². The van der Waals surface area contributed by atoms with Gasteiger partial charge in [-0.05, 0) is 19.8 Å². The number of benzene rings is 1. The van der Waals surface area contributed by atoms with E-state index in [-0.39, 0.29) is 11.9 Å². The molecule has 0 saturated heterocycles. The summed E-state index contributed by atoms with van der Waals surface area (Å²) in [5, 5.41) is 0. The SMILES string of the molecule is CCCCCCc1c(C)nc(-c2ccccc2)n1-c1nc(N)nc(N)n1. The van der Waals surface area contributed by atoms with Crippen molar-refractivity contribution < 1.29 is 0 Å². The van der Waals surface area contributed by atoms with E-state index in [0.29, 0.717) is 5.95 Å². The Bertz CT molecular complexity index is 851. The molecular weight excluding hydrogens is 326 g/mol. The lowest BCUT2D eigenvalue weighted by molar-refractivity contribution is 0.652. The topological polar surface area (TPSA) is 109 Å². The molecule has 1 aromatic carbocycles. The Morgan fingerprint density at radius 1 is 0.885 bits per heavy atom. The van der Waals surface area contributed by atoms with Crippen LogP contribution in [0.1, 0.15) is 44.0 Å². The van der Waals surface area contributed by atoms with Crippen molar-refractivity contribution in [2.24, 2.45) is 0 Å². The van der Waals surface area contributed by atoms with Crippen LogP contribution in [-0.4, -0.2) is 24.5 Å². The average molecular weight is 351 g/mol. The molecule has 0 saturated carbocycles. The minimum Gasteiger partial charge on any atom is -0.368 e. The number of hydrogen-bond acceptors (Lipinski definition) is 6. The van der Waals surface area contributed by atoms with Crippen LogP contribution in [0.4, 0.5) is 11.9 Å². The van der Waals surface area contributed by atoms with Gasteiger partial charge in [-0.3, -0.25) is 4.57 Å². The van der Waals surface area contributed by atoms with Gasteiger partial charge in [-0.1, -0.05) is 56.5 Å². The smallest absolute Gasteiger partial charge is 0.242 e. The van der Waals surface area contributed by atoms with Gasteiger partial charge in [0.05, 0.1) is 5.69 Å². The maximum Gasteiger partial charge on any atom is 0.242 e. The summed E-state index contributed by atoms with van der Waals surface area (Å²) in [6.45, 7) is 4.23. The fraction of sp³-hybridized carbons (Fsp3) is 0.368. The Labute approximate surface area is 153 Å². The third-order valence-electron chi connectivity index (χ3n) is 4.33. The van der Waals surface area contributed by atoms with Crippen molar-refractivity contribution in [3.8, 4) is 17.3 Å². The molecule has 7 nitrogen and oxygen atoms in total.